The van der Waals surface area contributed by atoms with Crippen LogP contribution in [0.5, 0.6) is 11.5 Å². The van der Waals surface area contributed by atoms with Gasteiger partial charge in [0.15, 0.2) is 0 Å². The molecule has 7 nitrogen and oxygen atoms in total. The molecule has 0 saturated heterocycles. The van der Waals surface area contributed by atoms with Crippen LogP contribution < -0.4 is 0 Å². The molecular weight excluding hydrogens is 384 g/mol. The number of Topliss-reactive ketones (excluding diaryl/α,β-unsaturated/α-hetero) is 1. The Kier molecular flexibility index (Phi) is 8.83. The van der Waals surface area contributed by atoms with Crippen LogP contribution in [0.4, 0.5) is 0 Å². The average molecular weight is 415 g/mol. The van der Waals surface area contributed by atoms with Gasteiger partial charge in [0, 0.05) is 43.2 Å². The fourth-order valence-corrected chi connectivity index (χ4v) is 3.08. The molecule has 162 valence electrons. The van der Waals surface area contributed by atoms with Crippen molar-refractivity contribution in [2.75, 3.05) is 26.2 Å². The number of ketones is 1. The largest absolute Gasteiger partial charge is 0.508 e. The second-order valence-corrected chi connectivity index (χ2v) is 7.69. The summed E-state index contributed by atoms with van der Waals surface area (Å²) >= 11 is 0. The summed E-state index contributed by atoms with van der Waals surface area (Å²) < 4.78 is 0. The van der Waals surface area contributed by atoms with Crippen LogP contribution in [0.15, 0.2) is 48.5 Å². The number of carboxylic acids is 1. The number of carboxylic acid groups (broad SMARTS) is 1. The molecule has 0 atom stereocenters. The van der Waals surface area contributed by atoms with Crippen molar-refractivity contribution in [2.45, 2.75) is 26.9 Å². The lowest BCUT2D eigenvalue weighted by Gasteiger charge is -2.27. The van der Waals surface area contributed by atoms with Gasteiger partial charge in [-0.25, -0.2) is 0 Å². The van der Waals surface area contributed by atoms with Crippen LogP contribution in [0.25, 0.3) is 0 Å². The summed E-state index contributed by atoms with van der Waals surface area (Å²) in [5.41, 5.74) is 1.35. The van der Waals surface area contributed by atoms with Gasteiger partial charge in [0.05, 0.1) is 13.1 Å². The summed E-state index contributed by atoms with van der Waals surface area (Å²) in [5.74, 6) is -0.717. The molecule has 0 amide bonds. The fourth-order valence-electron chi connectivity index (χ4n) is 3.08. The first-order chi connectivity index (χ1) is 14.3. The number of aromatic hydroxyl groups is 2. The number of hydrogen-bond acceptors (Lipinski definition) is 6. The van der Waals surface area contributed by atoms with Crippen LogP contribution in [-0.2, 0) is 22.7 Å². The van der Waals surface area contributed by atoms with E-state index >= 15 is 0 Å². The predicted molar refractivity (Wildman–Crippen MR) is 114 cm³/mol. The van der Waals surface area contributed by atoms with Crippen LogP contribution >= 0.6 is 0 Å². The molecule has 7 heteroatoms. The molecule has 0 aromatic heterocycles. The van der Waals surface area contributed by atoms with Gasteiger partial charge in [-0.1, -0.05) is 50.2 Å². The summed E-state index contributed by atoms with van der Waals surface area (Å²) in [4.78, 5) is 27.3. The lowest BCUT2D eigenvalue weighted by atomic mass is 10.1. The molecule has 0 fully saturated rings. The summed E-state index contributed by atoms with van der Waals surface area (Å²) in [6.45, 7) is 5.20. The minimum absolute atomic E-state index is 0.0795. The number of benzene rings is 2. The Balaban J connectivity index is 2.12. The maximum absolute atomic E-state index is 12.3. The van der Waals surface area contributed by atoms with Crippen molar-refractivity contribution in [3.63, 3.8) is 0 Å². The first-order valence-corrected chi connectivity index (χ1v) is 9.99. The molecule has 0 heterocycles. The SMILES string of the molecule is CC(C)C(=O)CN(CCN(CC(=O)O)Cc1ccccc1O)Cc1ccccc1O. The van der Waals surface area contributed by atoms with E-state index in [0.717, 1.165) is 0 Å². The number of phenolic OH excluding ortho intramolecular Hbond substituents is 2. The fraction of sp³-hybridized carbons (Fsp3) is 0.391. The summed E-state index contributed by atoms with van der Waals surface area (Å²) in [6.07, 6.45) is 0. The number of nitrogens with zero attached hydrogens (tertiary/aromatic N) is 2. The van der Waals surface area contributed by atoms with E-state index in [-0.39, 0.29) is 42.8 Å². The number of aliphatic carboxylic acids is 1. The van der Waals surface area contributed by atoms with Gasteiger partial charge in [-0.15, -0.1) is 0 Å². The third-order valence-corrected chi connectivity index (χ3v) is 4.89. The Bertz CT molecular complexity index is 853. The van der Waals surface area contributed by atoms with Gasteiger partial charge in [-0.2, -0.15) is 0 Å². The van der Waals surface area contributed by atoms with Crippen LogP contribution in [0, 0.1) is 5.92 Å². The smallest absolute Gasteiger partial charge is 0.317 e. The molecule has 0 radical (unpaired) electrons. The van der Waals surface area contributed by atoms with E-state index in [9.17, 15) is 24.9 Å². The van der Waals surface area contributed by atoms with Crippen molar-refractivity contribution in [2.24, 2.45) is 5.92 Å². The van der Waals surface area contributed by atoms with E-state index in [2.05, 4.69) is 0 Å². The first kappa shape index (κ1) is 23.4. The molecule has 3 N–H and O–H groups in total. The molecule has 0 spiro atoms. The lowest BCUT2D eigenvalue weighted by molar-refractivity contribution is -0.138. The molecule has 0 aliphatic rings. The zero-order chi connectivity index (χ0) is 22.1. The van der Waals surface area contributed by atoms with Crippen molar-refractivity contribution in [1.29, 1.82) is 0 Å². The number of carbonyl (C=O) groups excluding carboxylic acids is 1. The van der Waals surface area contributed by atoms with E-state index in [4.69, 9.17) is 0 Å². The Morgan fingerprint density at radius 3 is 1.63 bits per heavy atom. The summed E-state index contributed by atoms with van der Waals surface area (Å²) in [6, 6.07) is 13.8. The Labute approximate surface area is 177 Å². The molecule has 30 heavy (non-hydrogen) atoms. The standard InChI is InChI=1S/C23H30N2O5/c1-17(2)22(28)15-24(13-18-7-3-5-9-20(18)26)11-12-25(16-23(29)30)14-19-8-4-6-10-21(19)27/h3-10,17,26-27H,11-16H2,1-2H3,(H,29,30). The molecule has 0 unspecified atom stereocenters. The van der Waals surface area contributed by atoms with Crippen molar-refractivity contribution < 1.29 is 24.9 Å². The van der Waals surface area contributed by atoms with E-state index in [0.29, 0.717) is 30.8 Å². The molecule has 0 saturated carbocycles. The van der Waals surface area contributed by atoms with Crippen molar-refractivity contribution >= 4 is 11.8 Å². The minimum Gasteiger partial charge on any atom is -0.508 e. The molecule has 0 bridgehead atoms. The van der Waals surface area contributed by atoms with Gasteiger partial charge in [0.1, 0.15) is 17.3 Å². The van der Waals surface area contributed by atoms with Crippen LogP contribution in [0.3, 0.4) is 0 Å². The average Bonchev–Trinajstić information content (AvgIpc) is 2.68. The Morgan fingerprint density at radius 2 is 1.23 bits per heavy atom. The van der Waals surface area contributed by atoms with Gasteiger partial charge >= 0.3 is 5.97 Å². The van der Waals surface area contributed by atoms with Gasteiger partial charge in [0.2, 0.25) is 0 Å². The molecule has 2 rings (SSSR count). The minimum atomic E-state index is -0.962. The first-order valence-electron chi connectivity index (χ1n) is 9.99. The molecule has 2 aromatic carbocycles. The quantitative estimate of drug-likeness (QED) is 0.491. The highest BCUT2D eigenvalue weighted by Crippen LogP contribution is 2.19. The van der Waals surface area contributed by atoms with Crippen molar-refractivity contribution in [3.05, 3.63) is 59.7 Å². The highest BCUT2D eigenvalue weighted by molar-refractivity contribution is 5.82. The lowest BCUT2D eigenvalue weighted by Crippen LogP contribution is -2.40. The van der Waals surface area contributed by atoms with Gasteiger partial charge in [-0.3, -0.25) is 19.4 Å². The Morgan fingerprint density at radius 1 is 0.800 bits per heavy atom. The second kappa shape index (κ2) is 11.3. The summed E-state index contributed by atoms with van der Waals surface area (Å²) in [5, 5.41) is 29.4. The van der Waals surface area contributed by atoms with Gasteiger partial charge < -0.3 is 15.3 Å². The normalized spacial score (nSPS) is 11.4. The third-order valence-electron chi connectivity index (χ3n) is 4.89. The number of hydrogen-bond donors (Lipinski definition) is 3. The zero-order valence-corrected chi connectivity index (χ0v) is 17.5. The Hall–Kier alpha value is -2.90. The zero-order valence-electron chi connectivity index (χ0n) is 17.5. The maximum atomic E-state index is 12.3. The van der Waals surface area contributed by atoms with Crippen molar-refractivity contribution in [3.8, 4) is 11.5 Å². The predicted octanol–water partition coefficient (Wildman–Crippen LogP) is 2.71. The molecule has 0 aliphatic carbocycles. The number of phenols is 2. The maximum Gasteiger partial charge on any atom is 0.317 e. The van der Waals surface area contributed by atoms with E-state index in [1.807, 2.05) is 24.8 Å². The van der Waals surface area contributed by atoms with Gasteiger partial charge in [-0.05, 0) is 12.1 Å². The summed E-state index contributed by atoms with van der Waals surface area (Å²) in [7, 11) is 0. The molecule has 2 aromatic rings. The van der Waals surface area contributed by atoms with Crippen LogP contribution in [0.2, 0.25) is 0 Å². The van der Waals surface area contributed by atoms with Crippen molar-refractivity contribution in [1.82, 2.24) is 9.80 Å². The second-order valence-electron chi connectivity index (χ2n) is 7.69. The number of carbonyl (C=O) groups is 2. The van der Waals surface area contributed by atoms with Crippen LogP contribution in [0.1, 0.15) is 25.0 Å². The third kappa shape index (κ3) is 7.50. The van der Waals surface area contributed by atoms with E-state index in [1.165, 1.54) is 0 Å². The highest BCUT2D eigenvalue weighted by Gasteiger charge is 2.18. The van der Waals surface area contributed by atoms with E-state index in [1.54, 1.807) is 47.4 Å². The molecule has 0 aliphatic heterocycles. The number of para-hydroxylation sites is 2. The van der Waals surface area contributed by atoms with Crippen LogP contribution in [-0.4, -0.2) is 63.1 Å². The topological polar surface area (TPSA) is 101 Å². The molecular formula is C23H30N2O5. The number of rotatable bonds is 12. The highest BCUT2D eigenvalue weighted by atomic mass is 16.4. The monoisotopic (exact) mass is 414 g/mol. The van der Waals surface area contributed by atoms with E-state index < -0.39 is 5.97 Å². The van der Waals surface area contributed by atoms with Gasteiger partial charge in [0.25, 0.3) is 0 Å².